The van der Waals surface area contributed by atoms with E-state index in [4.69, 9.17) is 4.89 Å². The first kappa shape index (κ1) is 29.2. The summed E-state index contributed by atoms with van der Waals surface area (Å²) in [5.41, 5.74) is 0.771. The molecule has 3 atom stereocenters. The number of rotatable bonds is 15. The number of hydrogen-bond acceptors (Lipinski definition) is 4. The Hall–Kier alpha value is -2.04. The summed E-state index contributed by atoms with van der Waals surface area (Å²) in [6.45, 7) is 12.8. The molecule has 4 nitrogen and oxygen atoms in total. The second kappa shape index (κ2) is 13.9. The van der Waals surface area contributed by atoms with E-state index in [9.17, 15) is 14.8 Å². The maximum Gasteiger partial charge on any atom is 0.194 e. The van der Waals surface area contributed by atoms with Crippen molar-refractivity contribution in [3.05, 3.63) is 58.7 Å². The lowest BCUT2D eigenvalue weighted by molar-refractivity contribution is -0.304. The molecule has 4 heteroatoms. The molecule has 0 heterocycles. The number of allylic oxidation sites excluding steroid dienone is 3. The first-order chi connectivity index (χ1) is 16.6. The van der Waals surface area contributed by atoms with Gasteiger partial charge in [-0.3, -0.25) is 14.8 Å². The van der Waals surface area contributed by atoms with Crippen molar-refractivity contribution >= 4 is 11.6 Å². The molecule has 0 spiro atoms. The molecule has 1 aromatic carbocycles. The summed E-state index contributed by atoms with van der Waals surface area (Å²) in [4.78, 5) is 30.5. The van der Waals surface area contributed by atoms with E-state index in [2.05, 4.69) is 27.7 Å². The van der Waals surface area contributed by atoms with Crippen molar-refractivity contribution in [2.75, 3.05) is 0 Å². The van der Waals surface area contributed by atoms with E-state index < -0.39 is 5.60 Å². The molecule has 1 aromatic rings. The van der Waals surface area contributed by atoms with Gasteiger partial charge in [-0.2, -0.15) is 0 Å². The lowest BCUT2D eigenvalue weighted by Gasteiger charge is -2.24. The first-order valence-corrected chi connectivity index (χ1v) is 13.5. The first-order valence-electron chi connectivity index (χ1n) is 13.5. The minimum absolute atomic E-state index is 0.130. The van der Waals surface area contributed by atoms with E-state index in [1.54, 1.807) is 43.3 Å². The molecule has 0 saturated heterocycles. The van der Waals surface area contributed by atoms with Crippen LogP contribution in [0.1, 0.15) is 120 Å². The lowest BCUT2D eigenvalue weighted by atomic mass is 9.83. The second-order valence-electron chi connectivity index (χ2n) is 11.3. The lowest BCUT2D eigenvalue weighted by Crippen LogP contribution is -2.26. The molecule has 0 radical (unpaired) electrons. The van der Waals surface area contributed by atoms with Crippen molar-refractivity contribution in [1.82, 2.24) is 0 Å². The second-order valence-corrected chi connectivity index (χ2v) is 11.3. The number of fused-ring (bicyclic) bond motifs is 1. The highest BCUT2D eigenvalue weighted by molar-refractivity contribution is 6.27. The molecule has 1 N–H and O–H groups in total. The molecule has 1 aliphatic rings. The monoisotopic (exact) mass is 482 g/mol. The molecular weight excluding hydrogens is 436 g/mol. The van der Waals surface area contributed by atoms with Gasteiger partial charge in [0.1, 0.15) is 5.60 Å². The summed E-state index contributed by atoms with van der Waals surface area (Å²) in [6, 6.07) is 6.91. The van der Waals surface area contributed by atoms with Crippen LogP contribution in [0.3, 0.4) is 0 Å². The van der Waals surface area contributed by atoms with Gasteiger partial charge in [0.2, 0.25) is 0 Å². The van der Waals surface area contributed by atoms with Crippen molar-refractivity contribution in [1.29, 1.82) is 0 Å². The molecule has 0 aromatic heterocycles. The van der Waals surface area contributed by atoms with Gasteiger partial charge in [-0.25, -0.2) is 4.89 Å². The normalized spacial score (nSPS) is 17.7. The molecular formula is C31H46O4. The average Bonchev–Trinajstić information content (AvgIpc) is 2.82. The van der Waals surface area contributed by atoms with Crippen molar-refractivity contribution in [2.24, 2.45) is 17.8 Å². The molecule has 35 heavy (non-hydrogen) atoms. The van der Waals surface area contributed by atoms with Gasteiger partial charge in [0, 0.05) is 22.3 Å². The molecule has 0 amide bonds. The summed E-state index contributed by atoms with van der Waals surface area (Å²) < 4.78 is 0. The van der Waals surface area contributed by atoms with Crippen LogP contribution < -0.4 is 0 Å². The van der Waals surface area contributed by atoms with Crippen molar-refractivity contribution in [2.45, 2.75) is 105 Å². The van der Waals surface area contributed by atoms with Crippen molar-refractivity contribution in [3.8, 4) is 0 Å². The summed E-state index contributed by atoms with van der Waals surface area (Å²) >= 11 is 0. The standard InChI is InChI=1S/C31H46O4/c1-22(2)12-9-13-23(3)14-10-15-24(4)16-11-20-31(6,35-34)21-19-26-25(5)29(32)27-17-7-8-18-28(27)30(26)33/h7-8,17-19,21-24,34H,9-16,20H2,1-6H3/b21-19+. The Kier molecular flexibility index (Phi) is 11.6. The van der Waals surface area contributed by atoms with E-state index in [1.165, 1.54) is 38.5 Å². The van der Waals surface area contributed by atoms with Gasteiger partial charge < -0.3 is 0 Å². The molecule has 0 fully saturated rings. The third kappa shape index (κ3) is 8.84. The highest BCUT2D eigenvalue weighted by Crippen LogP contribution is 2.29. The largest absolute Gasteiger partial charge is 0.289 e. The van der Waals surface area contributed by atoms with Gasteiger partial charge in [-0.05, 0) is 50.5 Å². The smallest absolute Gasteiger partial charge is 0.194 e. The van der Waals surface area contributed by atoms with Crippen molar-refractivity contribution < 1.29 is 19.7 Å². The quantitative estimate of drug-likeness (QED) is 0.201. The Bertz CT molecular complexity index is 910. The minimum atomic E-state index is -0.905. The predicted octanol–water partition coefficient (Wildman–Crippen LogP) is 8.63. The minimum Gasteiger partial charge on any atom is -0.289 e. The Balaban J connectivity index is 1.83. The van der Waals surface area contributed by atoms with Gasteiger partial charge >= 0.3 is 0 Å². The molecule has 0 saturated carbocycles. The SMILES string of the molecule is CC1=C(/C=C/C(C)(CCCC(C)CCCC(C)CCCC(C)C)OO)C(=O)c2ccccc2C1=O. The molecule has 194 valence electrons. The van der Waals surface area contributed by atoms with E-state index in [0.717, 1.165) is 24.7 Å². The molecule has 0 bridgehead atoms. The van der Waals surface area contributed by atoms with Crippen LogP contribution in [0.15, 0.2) is 47.6 Å². The maximum absolute atomic E-state index is 13.0. The Morgan fingerprint density at radius 3 is 1.91 bits per heavy atom. The highest BCUT2D eigenvalue weighted by Gasteiger charge is 2.29. The van der Waals surface area contributed by atoms with E-state index >= 15 is 0 Å². The van der Waals surface area contributed by atoms with E-state index in [1.807, 2.05) is 6.92 Å². The number of carbonyl (C=O) groups is 2. The third-order valence-corrected chi connectivity index (χ3v) is 7.46. The summed E-state index contributed by atoms with van der Waals surface area (Å²) in [5, 5.41) is 9.61. The van der Waals surface area contributed by atoms with Crippen molar-refractivity contribution in [3.63, 3.8) is 0 Å². The summed E-state index contributed by atoms with van der Waals surface area (Å²) in [7, 11) is 0. The van der Waals surface area contributed by atoms with E-state index in [-0.39, 0.29) is 11.6 Å². The summed E-state index contributed by atoms with van der Waals surface area (Å²) in [6.07, 6.45) is 13.8. The zero-order chi connectivity index (χ0) is 26.0. The van der Waals surface area contributed by atoms with Gasteiger partial charge in [0.25, 0.3) is 0 Å². The molecule has 3 unspecified atom stereocenters. The van der Waals surface area contributed by atoms with Gasteiger partial charge in [-0.1, -0.05) is 103 Å². The van der Waals surface area contributed by atoms with Gasteiger partial charge in [0.05, 0.1) is 0 Å². The summed E-state index contributed by atoms with van der Waals surface area (Å²) in [5.74, 6) is 1.93. The Morgan fingerprint density at radius 2 is 1.37 bits per heavy atom. The fourth-order valence-corrected chi connectivity index (χ4v) is 4.92. The number of carbonyl (C=O) groups excluding carboxylic acids is 2. The third-order valence-electron chi connectivity index (χ3n) is 7.46. The van der Waals surface area contributed by atoms with Gasteiger partial charge in [0.15, 0.2) is 11.6 Å². The van der Waals surface area contributed by atoms with Crippen LogP contribution in [0, 0.1) is 17.8 Å². The van der Waals surface area contributed by atoms with Crippen LogP contribution in [-0.4, -0.2) is 22.4 Å². The van der Waals surface area contributed by atoms with Crippen LogP contribution in [-0.2, 0) is 4.89 Å². The maximum atomic E-state index is 13.0. The van der Waals surface area contributed by atoms with E-state index in [0.29, 0.717) is 34.6 Å². The number of Topliss-reactive ketones (excluding diaryl/α,β-unsaturated/α-hetero) is 2. The Morgan fingerprint density at radius 1 is 0.857 bits per heavy atom. The van der Waals surface area contributed by atoms with Crippen LogP contribution >= 0.6 is 0 Å². The van der Waals surface area contributed by atoms with Crippen LogP contribution in [0.25, 0.3) is 0 Å². The molecule has 2 rings (SSSR count). The zero-order valence-electron chi connectivity index (χ0n) is 22.7. The number of ketones is 2. The predicted molar refractivity (Wildman–Crippen MR) is 144 cm³/mol. The van der Waals surface area contributed by atoms with Crippen LogP contribution in [0.4, 0.5) is 0 Å². The number of benzene rings is 1. The number of hydrogen-bond donors (Lipinski definition) is 1. The molecule has 0 aliphatic heterocycles. The highest BCUT2D eigenvalue weighted by atomic mass is 17.1. The molecule has 1 aliphatic carbocycles. The van der Waals surface area contributed by atoms with Gasteiger partial charge in [-0.15, -0.1) is 0 Å². The van der Waals surface area contributed by atoms with Crippen LogP contribution in [0.2, 0.25) is 0 Å². The fourth-order valence-electron chi connectivity index (χ4n) is 4.92. The fraction of sp³-hybridized carbons (Fsp3) is 0.613. The van der Waals surface area contributed by atoms with Crippen LogP contribution in [0.5, 0.6) is 0 Å². The Labute approximate surface area is 212 Å². The topological polar surface area (TPSA) is 63.6 Å². The zero-order valence-corrected chi connectivity index (χ0v) is 22.7. The average molecular weight is 483 g/mol.